The lowest BCUT2D eigenvalue weighted by atomic mass is 10.1. The second-order valence-corrected chi connectivity index (χ2v) is 4.23. The Labute approximate surface area is 101 Å². The van der Waals surface area contributed by atoms with Gasteiger partial charge in [-0.3, -0.25) is 0 Å². The second kappa shape index (κ2) is 6.14. The molecule has 2 unspecified atom stereocenters. The maximum absolute atomic E-state index is 11.9. The maximum Gasteiger partial charge on any atom is 0.326 e. The first kappa shape index (κ1) is 13.4. The normalized spacial score (nSPS) is 22.1. The van der Waals surface area contributed by atoms with Gasteiger partial charge in [-0.1, -0.05) is 18.8 Å². The maximum atomic E-state index is 11.9. The van der Waals surface area contributed by atoms with Crippen LogP contribution in [0.3, 0.4) is 0 Å². The molecule has 5 nitrogen and oxygen atoms in total. The van der Waals surface area contributed by atoms with Crippen molar-refractivity contribution in [3.05, 3.63) is 0 Å². The average Bonchev–Trinajstić information content (AvgIpc) is 2.53. The number of carboxylic acid groups (broad SMARTS) is 1. The van der Waals surface area contributed by atoms with Crippen LogP contribution in [0.5, 0.6) is 0 Å². The highest BCUT2D eigenvalue weighted by molar-refractivity contribution is 5.83. The van der Waals surface area contributed by atoms with Crippen LogP contribution in [0, 0.1) is 12.3 Å². The van der Waals surface area contributed by atoms with Gasteiger partial charge in [0.25, 0.3) is 0 Å². The minimum absolute atomic E-state index is 0.384. The first-order valence-corrected chi connectivity index (χ1v) is 5.82. The summed E-state index contributed by atoms with van der Waals surface area (Å²) in [5.74, 6) is 1.44. The number of carbonyl (C=O) groups excluding carboxylic acids is 1. The van der Waals surface area contributed by atoms with Gasteiger partial charge in [0.15, 0.2) is 0 Å². The lowest BCUT2D eigenvalue weighted by Crippen LogP contribution is -2.51. The number of aliphatic carboxylic acids is 1. The third kappa shape index (κ3) is 3.66. The van der Waals surface area contributed by atoms with Crippen molar-refractivity contribution in [2.24, 2.45) is 0 Å². The summed E-state index contributed by atoms with van der Waals surface area (Å²) in [6.07, 6.45) is 8.31. The molecule has 0 radical (unpaired) electrons. The van der Waals surface area contributed by atoms with Gasteiger partial charge in [-0.15, -0.1) is 6.42 Å². The second-order valence-electron chi connectivity index (χ2n) is 4.23. The number of nitrogens with zero attached hydrogens (tertiary/aromatic N) is 1. The first-order valence-electron chi connectivity index (χ1n) is 5.82. The van der Waals surface area contributed by atoms with Crippen LogP contribution in [0.1, 0.15) is 32.6 Å². The summed E-state index contributed by atoms with van der Waals surface area (Å²) in [7, 11) is 0. The van der Waals surface area contributed by atoms with Gasteiger partial charge in [-0.05, 0) is 19.8 Å². The number of amides is 2. The van der Waals surface area contributed by atoms with Crippen LogP contribution in [0.2, 0.25) is 0 Å². The fraction of sp³-hybridized carbons (Fsp3) is 0.667. The van der Waals surface area contributed by atoms with E-state index >= 15 is 0 Å². The minimum Gasteiger partial charge on any atom is -0.480 e. The largest absolute Gasteiger partial charge is 0.480 e. The molecule has 1 aliphatic heterocycles. The third-order valence-corrected chi connectivity index (χ3v) is 2.89. The van der Waals surface area contributed by atoms with E-state index in [-0.39, 0.29) is 12.1 Å². The van der Waals surface area contributed by atoms with E-state index in [9.17, 15) is 9.59 Å². The van der Waals surface area contributed by atoms with E-state index in [1.807, 2.05) is 0 Å². The number of nitrogens with one attached hydrogen (secondary N) is 1. The molecule has 1 heterocycles. The van der Waals surface area contributed by atoms with Gasteiger partial charge in [-0.25, -0.2) is 9.59 Å². The summed E-state index contributed by atoms with van der Waals surface area (Å²) in [4.78, 5) is 24.4. The predicted molar refractivity (Wildman–Crippen MR) is 63.4 cm³/mol. The monoisotopic (exact) mass is 238 g/mol. The molecule has 1 aliphatic rings. The molecule has 0 bridgehead atoms. The van der Waals surface area contributed by atoms with Gasteiger partial charge in [0, 0.05) is 6.54 Å². The quantitative estimate of drug-likeness (QED) is 0.706. The lowest BCUT2D eigenvalue weighted by Gasteiger charge is -2.27. The zero-order valence-electron chi connectivity index (χ0n) is 9.98. The van der Waals surface area contributed by atoms with Gasteiger partial charge in [0.05, 0.1) is 6.04 Å². The van der Waals surface area contributed by atoms with Crippen molar-refractivity contribution in [2.45, 2.75) is 44.7 Å². The van der Waals surface area contributed by atoms with Gasteiger partial charge in [-0.2, -0.15) is 0 Å². The van der Waals surface area contributed by atoms with Crippen molar-refractivity contribution >= 4 is 12.0 Å². The molecule has 0 aliphatic carbocycles. The van der Waals surface area contributed by atoms with Crippen molar-refractivity contribution in [2.75, 3.05) is 6.54 Å². The van der Waals surface area contributed by atoms with Crippen molar-refractivity contribution in [1.29, 1.82) is 0 Å². The van der Waals surface area contributed by atoms with Gasteiger partial charge in [0.2, 0.25) is 0 Å². The Morgan fingerprint density at radius 1 is 1.47 bits per heavy atom. The average molecular weight is 238 g/mol. The summed E-state index contributed by atoms with van der Waals surface area (Å²) in [5, 5.41) is 11.7. The molecular formula is C12H18N2O3. The SMILES string of the molecule is C#CC(C)NC(=O)N1CCCCCC1C(=O)O. The number of hydrogen-bond acceptors (Lipinski definition) is 2. The van der Waals surface area contributed by atoms with Crippen molar-refractivity contribution in [3.8, 4) is 12.3 Å². The van der Waals surface area contributed by atoms with E-state index in [0.717, 1.165) is 19.3 Å². The fourth-order valence-corrected chi connectivity index (χ4v) is 1.92. The number of carbonyl (C=O) groups is 2. The van der Waals surface area contributed by atoms with E-state index in [0.29, 0.717) is 13.0 Å². The Morgan fingerprint density at radius 2 is 2.18 bits per heavy atom. The molecule has 2 N–H and O–H groups in total. The first-order chi connectivity index (χ1) is 8.06. The summed E-state index contributed by atoms with van der Waals surface area (Å²) in [5.41, 5.74) is 0. The standard InChI is InChI=1S/C12H18N2O3/c1-3-9(2)13-12(17)14-8-6-4-5-7-10(14)11(15)16/h1,9-10H,4-8H2,2H3,(H,13,17)(H,15,16). The molecule has 2 atom stereocenters. The Hall–Kier alpha value is -1.70. The lowest BCUT2D eigenvalue weighted by molar-refractivity contribution is -0.142. The molecule has 17 heavy (non-hydrogen) atoms. The molecule has 1 fully saturated rings. The smallest absolute Gasteiger partial charge is 0.326 e. The molecule has 0 aromatic heterocycles. The van der Waals surface area contributed by atoms with E-state index < -0.39 is 12.0 Å². The van der Waals surface area contributed by atoms with Crippen LogP contribution in [-0.4, -0.2) is 40.6 Å². The van der Waals surface area contributed by atoms with E-state index in [1.54, 1.807) is 6.92 Å². The topological polar surface area (TPSA) is 69.6 Å². The number of urea groups is 1. The zero-order valence-corrected chi connectivity index (χ0v) is 9.98. The molecule has 1 saturated heterocycles. The third-order valence-electron chi connectivity index (χ3n) is 2.89. The molecule has 5 heteroatoms. The van der Waals surface area contributed by atoms with Crippen molar-refractivity contribution in [3.63, 3.8) is 0 Å². The minimum atomic E-state index is -0.949. The van der Waals surface area contributed by atoms with Crippen LogP contribution in [-0.2, 0) is 4.79 Å². The number of rotatable bonds is 2. The summed E-state index contributed by atoms with van der Waals surface area (Å²) in [6, 6.07) is -1.51. The molecule has 2 amide bonds. The molecule has 0 aromatic rings. The summed E-state index contributed by atoms with van der Waals surface area (Å²) in [6.45, 7) is 2.16. The summed E-state index contributed by atoms with van der Waals surface area (Å²) < 4.78 is 0. The molecule has 0 spiro atoms. The van der Waals surface area contributed by atoms with Crippen LogP contribution in [0.25, 0.3) is 0 Å². The van der Waals surface area contributed by atoms with E-state index in [1.165, 1.54) is 4.90 Å². The molecule has 0 aromatic carbocycles. The highest BCUT2D eigenvalue weighted by Crippen LogP contribution is 2.17. The highest BCUT2D eigenvalue weighted by Gasteiger charge is 2.30. The Balaban J connectivity index is 2.72. The molecule has 1 rings (SSSR count). The van der Waals surface area contributed by atoms with Crippen molar-refractivity contribution in [1.82, 2.24) is 10.2 Å². The van der Waals surface area contributed by atoms with E-state index in [4.69, 9.17) is 11.5 Å². The fourth-order valence-electron chi connectivity index (χ4n) is 1.92. The van der Waals surface area contributed by atoms with Crippen molar-refractivity contribution < 1.29 is 14.7 Å². The Bertz CT molecular complexity index is 335. The molecular weight excluding hydrogens is 220 g/mol. The van der Waals surface area contributed by atoms with Gasteiger partial charge in [0.1, 0.15) is 6.04 Å². The number of hydrogen-bond donors (Lipinski definition) is 2. The zero-order chi connectivity index (χ0) is 12.8. The predicted octanol–water partition coefficient (Wildman–Crippen LogP) is 1.05. The number of likely N-dealkylation sites (tertiary alicyclic amines) is 1. The number of terminal acetylenes is 1. The van der Waals surface area contributed by atoms with E-state index in [2.05, 4.69) is 11.2 Å². The van der Waals surface area contributed by atoms with Crippen LogP contribution < -0.4 is 5.32 Å². The Kier molecular flexibility index (Phi) is 4.83. The van der Waals surface area contributed by atoms with Gasteiger partial charge >= 0.3 is 12.0 Å². The van der Waals surface area contributed by atoms with Crippen LogP contribution in [0.15, 0.2) is 0 Å². The molecule has 0 saturated carbocycles. The summed E-state index contributed by atoms with van der Waals surface area (Å²) >= 11 is 0. The number of carboxylic acids is 1. The van der Waals surface area contributed by atoms with Crippen LogP contribution >= 0.6 is 0 Å². The molecule has 94 valence electrons. The highest BCUT2D eigenvalue weighted by atomic mass is 16.4. The Morgan fingerprint density at radius 3 is 2.76 bits per heavy atom. The van der Waals surface area contributed by atoms with Crippen LogP contribution in [0.4, 0.5) is 4.79 Å². The van der Waals surface area contributed by atoms with Gasteiger partial charge < -0.3 is 15.3 Å².